The van der Waals surface area contributed by atoms with Crippen LogP contribution >= 0.6 is 0 Å². The van der Waals surface area contributed by atoms with E-state index < -0.39 is 0 Å². The van der Waals surface area contributed by atoms with Crippen LogP contribution in [0, 0.1) is 6.92 Å². The van der Waals surface area contributed by atoms with E-state index in [0.717, 1.165) is 30.0 Å². The first-order chi connectivity index (χ1) is 14.1. The number of amides is 1. The summed E-state index contributed by atoms with van der Waals surface area (Å²) in [5.74, 6) is 1.18. The highest BCUT2D eigenvalue weighted by molar-refractivity contribution is 6.03. The highest BCUT2D eigenvalue weighted by Crippen LogP contribution is 2.25. The number of hydrogen-bond donors (Lipinski definition) is 2. The molecule has 3 rings (SSSR count). The highest BCUT2D eigenvalue weighted by Gasteiger charge is 2.11. The van der Waals surface area contributed by atoms with Crippen molar-refractivity contribution in [2.45, 2.75) is 13.3 Å². The second kappa shape index (κ2) is 9.59. The number of methoxy groups -OCH3 is 2. The topological polar surface area (TPSA) is 72.5 Å². The Morgan fingerprint density at radius 3 is 2.45 bits per heavy atom. The Bertz CT molecular complexity index is 954. The van der Waals surface area contributed by atoms with E-state index >= 15 is 0 Å². The Labute approximate surface area is 170 Å². The molecule has 6 heteroatoms. The van der Waals surface area contributed by atoms with Crippen molar-refractivity contribution in [3.63, 3.8) is 0 Å². The maximum atomic E-state index is 12.5. The molecule has 150 valence electrons. The van der Waals surface area contributed by atoms with Crippen molar-refractivity contribution < 1.29 is 14.3 Å². The van der Waals surface area contributed by atoms with Gasteiger partial charge in [-0.3, -0.25) is 4.79 Å². The monoisotopic (exact) mass is 391 g/mol. The molecule has 1 aromatic heterocycles. The van der Waals surface area contributed by atoms with Crippen LogP contribution in [-0.4, -0.2) is 31.7 Å². The normalized spacial score (nSPS) is 10.3. The quantitative estimate of drug-likeness (QED) is 0.598. The van der Waals surface area contributed by atoms with E-state index in [-0.39, 0.29) is 5.91 Å². The molecular formula is C23H25N3O3. The smallest absolute Gasteiger partial charge is 0.274 e. The lowest BCUT2D eigenvalue weighted by Gasteiger charge is -2.11. The third-order valence-corrected chi connectivity index (χ3v) is 4.50. The Kier molecular flexibility index (Phi) is 6.68. The molecule has 0 aliphatic carbocycles. The van der Waals surface area contributed by atoms with E-state index in [9.17, 15) is 4.79 Å². The number of nitrogens with one attached hydrogen (secondary N) is 2. The van der Waals surface area contributed by atoms with Crippen LogP contribution in [0.2, 0.25) is 0 Å². The fourth-order valence-electron chi connectivity index (χ4n) is 2.88. The number of rotatable bonds is 8. The molecule has 0 atom stereocenters. The summed E-state index contributed by atoms with van der Waals surface area (Å²) < 4.78 is 10.5. The van der Waals surface area contributed by atoms with Gasteiger partial charge in [-0.25, -0.2) is 4.98 Å². The van der Waals surface area contributed by atoms with Crippen LogP contribution in [0.5, 0.6) is 11.5 Å². The van der Waals surface area contributed by atoms with E-state index in [0.29, 0.717) is 17.1 Å². The lowest BCUT2D eigenvalue weighted by Crippen LogP contribution is -2.14. The minimum Gasteiger partial charge on any atom is -0.497 e. The lowest BCUT2D eigenvalue weighted by atomic mass is 10.1. The molecule has 1 heterocycles. The highest BCUT2D eigenvalue weighted by atomic mass is 16.5. The maximum Gasteiger partial charge on any atom is 0.274 e. The zero-order valence-corrected chi connectivity index (χ0v) is 16.9. The van der Waals surface area contributed by atoms with Gasteiger partial charge in [0.2, 0.25) is 0 Å². The molecule has 0 radical (unpaired) electrons. The number of ether oxygens (including phenoxy) is 2. The Balaban J connectivity index is 1.55. The SMILES string of the molecule is COc1ccc(CCNc2ccc(C(=O)Nc3cc(C)ccc3OC)nc2)cc1. The number of aromatic nitrogens is 1. The van der Waals surface area contributed by atoms with Crippen LogP contribution in [0.1, 0.15) is 21.6 Å². The molecule has 0 fully saturated rings. The first-order valence-corrected chi connectivity index (χ1v) is 9.38. The molecule has 0 aliphatic heterocycles. The van der Waals surface area contributed by atoms with Crippen LogP contribution in [0.4, 0.5) is 11.4 Å². The predicted octanol–water partition coefficient (Wildman–Crippen LogP) is 4.31. The second-order valence-electron chi connectivity index (χ2n) is 6.61. The number of pyridine rings is 1. The Morgan fingerprint density at radius 2 is 1.79 bits per heavy atom. The van der Waals surface area contributed by atoms with E-state index in [1.807, 2.05) is 55.5 Å². The van der Waals surface area contributed by atoms with Crippen molar-refractivity contribution in [1.29, 1.82) is 0 Å². The first-order valence-electron chi connectivity index (χ1n) is 9.38. The van der Waals surface area contributed by atoms with Crippen molar-refractivity contribution in [3.8, 4) is 11.5 Å². The van der Waals surface area contributed by atoms with Gasteiger partial charge in [0.15, 0.2) is 0 Å². The number of carbonyl (C=O) groups excluding carboxylic acids is 1. The van der Waals surface area contributed by atoms with Crippen LogP contribution < -0.4 is 20.1 Å². The van der Waals surface area contributed by atoms with Crippen molar-refractivity contribution in [2.24, 2.45) is 0 Å². The van der Waals surface area contributed by atoms with E-state index in [1.165, 1.54) is 5.56 Å². The van der Waals surface area contributed by atoms with Gasteiger partial charge < -0.3 is 20.1 Å². The van der Waals surface area contributed by atoms with Crippen molar-refractivity contribution >= 4 is 17.3 Å². The summed E-state index contributed by atoms with van der Waals surface area (Å²) >= 11 is 0. The Hall–Kier alpha value is -3.54. The van der Waals surface area contributed by atoms with Gasteiger partial charge in [-0.2, -0.15) is 0 Å². The lowest BCUT2D eigenvalue weighted by molar-refractivity contribution is 0.102. The maximum absolute atomic E-state index is 12.5. The molecule has 3 aromatic rings. The average molecular weight is 391 g/mol. The summed E-state index contributed by atoms with van der Waals surface area (Å²) in [4.78, 5) is 16.8. The van der Waals surface area contributed by atoms with Gasteiger partial charge in [-0.05, 0) is 60.9 Å². The molecule has 1 amide bonds. The zero-order valence-electron chi connectivity index (χ0n) is 16.9. The fourth-order valence-corrected chi connectivity index (χ4v) is 2.88. The van der Waals surface area contributed by atoms with E-state index in [4.69, 9.17) is 9.47 Å². The minimum atomic E-state index is -0.279. The number of anilines is 2. The summed E-state index contributed by atoms with van der Waals surface area (Å²) in [6.07, 6.45) is 2.54. The second-order valence-corrected chi connectivity index (χ2v) is 6.61. The number of hydrogen-bond acceptors (Lipinski definition) is 5. The molecule has 2 N–H and O–H groups in total. The summed E-state index contributed by atoms with van der Waals surface area (Å²) in [6, 6.07) is 17.2. The minimum absolute atomic E-state index is 0.279. The van der Waals surface area contributed by atoms with Gasteiger partial charge in [0.25, 0.3) is 5.91 Å². The largest absolute Gasteiger partial charge is 0.497 e. The van der Waals surface area contributed by atoms with Gasteiger partial charge in [0.1, 0.15) is 17.2 Å². The molecule has 0 unspecified atom stereocenters. The molecule has 0 aliphatic rings. The number of nitrogens with zero attached hydrogens (tertiary/aromatic N) is 1. The van der Waals surface area contributed by atoms with E-state index in [1.54, 1.807) is 26.5 Å². The van der Waals surface area contributed by atoms with Crippen molar-refractivity contribution in [2.75, 3.05) is 31.4 Å². The van der Waals surface area contributed by atoms with Crippen LogP contribution in [0.25, 0.3) is 0 Å². The van der Waals surface area contributed by atoms with Crippen LogP contribution in [0.3, 0.4) is 0 Å². The fraction of sp³-hybridized carbons (Fsp3) is 0.217. The number of aryl methyl sites for hydroxylation is 1. The molecule has 0 bridgehead atoms. The Morgan fingerprint density at radius 1 is 1.00 bits per heavy atom. The third kappa shape index (κ3) is 5.48. The third-order valence-electron chi connectivity index (χ3n) is 4.50. The summed E-state index contributed by atoms with van der Waals surface area (Å²) in [5.41, 5.74) is 4.08. The van der Waals surface area contributed by atoms with Gasteiger partial charge in [0.05, 0.1) is 31.8 Å². The summed E-state index contributed by atoms with van der Waals surface area (Å²) in [7, 11) is 3.23. The van der Waals surface area contributed by atoms with Gasteiger partial charge in [-0.1, -0.05) is 18.2 Å². The molecule has 29 heavy (non-hydrogen) atoms. The standard InChI is InChI=1S/C23H25N3O3/c1-16-4-11-22(29-3)21(14-16)26-23(27)20-10-7-18(15-25-20)24-13-12-17-5-8-19(28-2)9-6-17/h4-11,14-15,24H,12-13H2,1-3H3,(H,26,27). The summed E-state index contributed by atoms with van der Waals surface area (Å²) in [5, 5.41) is 6.17. The van der Waals surface area contributed by atoms with Crippen LogP contribution in [-0.2, 0) is 6.42 Å². The zero-order chi connectivity index (χ0) is 20.6. The van der Waals surface area contributed by atoms with Gasteiger partial charge in [0, 0.05) is 6.54 Å². The van der Waals surface area contributed by atoms with Crippen LogP contribution in [0.15, 0.2) is 60.8 Å². The molecule has 2 aromatic carbocycles. The molecule has 0 saturated heterocycles. The molecule has 0 spiro atoms. The average Bonchev–Trinajstić information content (AvgIpc) is 2.75. The predicted molar refractivity (Wildman–Crippen MR) is 115 cm³/mol. The van der Waals surface area contributed by atoms with Crippen molar-refractivity contribution in [1.82, 2.24) is 4.98 Å². The number of carbonyl (C=O) groups is 1. The van der Waals surface area contributed by atoms with Gasteiger partial charge >= 0.3 is 0 Å². The van der Waals surface area contributed by atoms with Gasteiger partial charge in [-0.15, -0.1) is 0 Å². The summed E-state index contributed by atoms with van der Waals surface area (Å²) in [6.45, 7) is 2.72. The first kappa shape index (κ1) is 20.2. The van der Waals surface area contributed by atoms with Crippen molar-refractivity contribution in [3.05, 3.63) is 77.6 Å². The number of benzene rings is 2. The van der Waals surface area contributed by atoms with E-state index in [2.05, 4.69) is 15.6 Å². The molecular weight excluding hydrogens is 366 g/mol. The molecule has 6 nitrogen and oxygen atoms in total. The molecule has 0 saturated carbocycles.